The van der Waals surface area contributed by atoms with Crippen LogP contribution >= 0.6 is 0 Å². The molecule has 22 heavy (non-hydrogen) atoms. The van der Waals surface area contributed by atoms with Gasteiger partial charge in [-0.2, -0.15) is 0 Å². The van der Waals surface area contributed by atoms with Crippen molar-refractivity contribution in [3.05, 3.63) is 35.9 Å². The quantitative estimate of drug-likeness (QED) is 0.709. The normalized spacial score (nSPS) is 13.2. The molecule has 4 heteroatoms. The molecule has 0 radical (unpaired) electrons. The summed E-state index contributed by atoms with van der Waals surface area (Å²) in [6.07, 6.45) is 2.74. The molecule has 0 bridgehead atoms. The number of nitrogens with one attached hydrogen (secondary N) is 1. The van der Waals surface area contributed by atoms with Crippen molar-refractivity contribution >= 4 is 11.9 Å². The second-order valence-electron chi connectivity index (χ2n) is 5.64. The number of hydrogen-bond acceptors (Lipinski definition) is 3. The molecule has 2 atom stereocenters. The third-order valence-corrected chi connectivity index (χ3v) is 3.53. The predicted molar refractivity (Wildman–Crippen MR) is 87.3 cm³/mol. The zero-order valence-corrected chi connectivity index (χ0v) is 13.8. The van der Waals surface area contributed by atoms with Crippen LogP contribution in [0.3, 0.4) is 0 Å². The Morgan fingerprint density at radius 3 is 2.41 bits per heavy atom. The first-order chi connectivity index (χ1) is 10.6. The minimum Gasteiger partial charge on any atom is -0.466 e. The SMILES string of the molecule is CCCC(C)CC(=O)NC(CC(=O)OCC)c1ccccc1. The first-order valence-corrected chi connectivity index (χ1v) is 8.06. The fourth-order valence-corrected chi connectivity index (χ4v) is 2.49. The number of ether oxygens (including phenoxy) is 1. The number of benzene rings is 1. The highest BCUT2D eigenvalue weighted by atomic mass is 16.5. The van der Waals surface area contributed by atoms with Gasteiger partial charge in [0.2, 0.25) is 5.91 Å². The Labute approximate surface area is 133 Å². The molecule has 2 unspecified atom stereocenters. The van der Waals surface area contributed by atoms with E-state index in [0.717, 1.165) is 18.4 Å². The summed E-state index contributed by atoms with van der Waals surface area (Å²) in [6, 6.07) is 9.22. The van der Waals surface area contributed by atoms with Crippen molar-refractivity contribution < 1.29 is 14.3 Å². The molecule has 0 aliphatic carbocycles. The molecule has 4 nitrogen and oxygen atoms in total. The van der Waals surface area contributed by atoms with E-state index in [1.807, 2.05) is 30.3 Å². The van der Waals surface area contributed by atoms with Gasteiger partial charge in [0.15, 0.2) is 0 Å². The monoisotopic (exact) mass is 305 g/mol. The Morgan fingerprint density at radius 2 is 1.82 bits per heavy atom. The molecule has 122 valence electrons. The molecule has 0 spiro atoms. The largest absolute Gasteiger partial charge is 0.466 e. The van der Waals surface area contributed by atoms with Crippen LogP contribution in [-0.4, -0.2) is 18.5 Å². The Balaban J connectivity index is 2.69. The molecule has 0 aliphatic rings. The van der Waals surface area contributed by atoms with Gasteiger partial charge in [-0.25, -0.2) is 0 Å². The van der Waals surface area contributed by atoms with Gasteiger partial charge in [-0.3, -0.25) is 9.59 Å². The number of carbonyl (C=O) groups is 2. The van der Waals surface area contributed by atoms with Gasteiger partial charge in [0.1, 0.15) is 0 Å². The second-order valence-corrected chi connectivity index (χ2v) is 5.64. The molecular weight excluding hydrogens is 278 g/mol. The van der Waals surface area contributed by atoms with Crippen LogP contribution in [0, 0.1) is 5.92 Å². The molecule has 1 rings (SSSR count). The van der Waals surface area contributed by atoms with Gasteiger partial charge in [-0.15, -0.1) is 0 Å². The summed E-state index contributed by atoms with van der Waals surface area (Å²) >= 11 is 0. The van der Waals surface area contributed by atoms with Crippen molar-refractivity contribution in [1.82, 2.24) is 5.32 Å². The lowest BCUT2D eigenvalue weighted by Crippen LogP contribution is -2.31. The topological polar surface area (TPSA) is 55.4 Å². The molecule has 1 amide bonds. The van der Waals surface area contributed by atoms with Crippen LogP contribution in [-0.2, 0) is 14.3 Å². The fraction of sp³-hybridized carbons (Fsp3) is 0.556. The third kappa shape index (κ3) is 6.74. The average molecular weight is 305 g/mol. The summed E-state index contributed by atoms with van der Waals surface area (Å²) < 4.78 is 5.00. The molecular formula is C18H27NO3. The van der Waals surface area contributed by atoms with Crippen LogP contribution in [0.2, 0.25) is 0 Å². The van der Waals surface area contributed by atoms with Crippen LogP contribution in [0.4, 0.5) is 0 Å². The highest BCUT2D eigenvalue weighted by Crippen LogP contribution is 2.18. The second kappa shape index (κ2) is 9.98. The third-order valence-electron chi connectivity index (χ3n) is 3.53. The van der Waals surface area contributed by atoms with E-state index in [1.54, 1.807) is 6.92 Å². The highest BCUT2D eigenvalue weighted by molar-refractivity contribution is 5.78. The number of hydrogen-bond donors (Lipinski definition) is 1. The van der Waals surface area contributed by atoms with Gasteiger partial charge < -0.3 is 10.1 Å². The molecule has 1 aromatic rings. The number of esters is 1. The summed E-state index contributed by atoms with van der Waals surface area (Å²) in [7, 11) is 0. The van der Waals surface area contributed by atoms with Gasteiger partial charge in [0.25, 0.3) is 0 Å². The van der Waals surface area contributed by atoms with Crippen LogP contribution in [0.1, 0.15) is 58.1 Å². The fourth-order valence-electron chi connectivity index (χ4n) is 2.49. The minimum absolute atomic E-state index is 0.0147. The molecule has 0 saturated heterocycles. The van der Waals surface area contributed by atoms with Gasteiger partial charge >= 0.3 is 5.97 Å². The molecule has 1 N–H and O–H groups in total. The van der Waals surface area contributed by atoms with E-state index in [4.69, 9.17) is 4.74 Å². The van der Waals surface area contributed by atoms with Gasteiger partial charge in [0.05, 0.1) is 19.1 Å². The lowest BCUT2D eigenvalue weighted by Gasteiger charge is -2.19. The maximum atomic E-state index is 12.2. The maximum absolute atomic E-state index is 12.2. The van der Waals surface area contributed by atoms with Crippen molar-refractivity contribution in [2.45, 2.75) is 52.5 Å². The van der Waals surface area contributed by atoms with Gasteiger partial charge in [-0.05, 0) is 18.4 Å². The maximum Gasteiger partial charge on any atom is 0.308 e. The summed E-state index contributed by atoms with van der Waals surface area (Å²) in [5.41, 5.74) is 0.923. The van der Waals surface area contributed by atoms with Crippen LogP contribution in [0.25, 0.3) is 0 Å². The molecule has 0 saturated carbocycles. The van der Waals surface area contributed by atoms with Gasteiger partial charge in [-0.1, -0.05) is 57.0 Å². The minimum atomic E-state index is -0.332. The zero-order chi connectivity index (χ0) is 16.4. The first-order valence-electron chi connectivity index (χ1n) is 8.06. The van der Waals surface area contributed by atoms with Crippen molar-refractivity contribution in [3.63, 3.8) is 0 Å². The Bertz CT molecular complexity index is 459. The van der Waals surface area contributed by atoms with Crippen LogP contribution < -0.4 is 5.32 Å². The van der Waals surface area contributed by atoms with Crippen molar-refractivity contribution in [2.24, 2.45) is 5.92 Å². The predicted octanol–water partition coefficient (Wildman–Crippen LogP) is 3.62. The zero-order valence-electron chi connectivity index (χ0n) is 13.8. The number of amides is 1. The Morgan fingerprint density at radius 1 is 1.14 bits per heavy atom. The van der Waals surface area contributed by atoms with Crippen LogP contribution in [0.15, 0.2) is 30.3 Å². The van der Waals surface area contributed by atoms with Crippen LogP contribution in [0.5, 0.6) is 0 Å². The Hall–Kier alpha value is -1.84. The van der Waals surface area contributed by atoms with E-state index >= 15 is 0 Å². The summed E-state index contributed by atoms with van der Waals surface area (Å²) in [5, 5.41) is 2.97. The Kier molecular flexibility index (Phi) is 8.26. The lowest BCUT2D eigenvalue weighted by molar-refractivity contribution is -0.143. The highest BCUT2D eigenvalue weighted by Gasteiger charge is 2.20. The van der Waals surface area contributed by atoms with E-state index in [1.165, 1.54) is 0 Å². The lowest BCUT2D eigenvalue weighted by atomic mass is 10.00. The van der Waals surface area contributed by atoms with E-state index < -0.39 is 0 Å². The summed E-state index contributed by atoms with van der Waals surface area (Å²) in [5.74, 6) is 0.0429. The van der Waals surface area contributed by atoms with E-state index in [2.05, 4.69) is 19.2 Å². The first kappa shape index (κ1) is 18.2. The number of carbonyl (C=O) groups excluding carboxylic acids is 2. The van der Waals surface area contributed by atoms with E-state index in [-0.39, 0.29) is 24.3 Å². The number of rotatable bonds is 9. The van der Waals surface area contributed by atoms with E-state index in [9.17, 15) is 9.59 Å². The molecule has 0 aromatic heterocycles. The molecule has 0 aliphatic heterocycles. The molecule has 1 aromatic carbocycles. The molecule has 0 fully saturated rings. The summed E-state index contributed by atoms with van der Waals surface area (Å²) in [6.45, 7) is 6.32. The van der Waals surface area contributed by atoms with Crippen molar-refractivity contribution in [1.29, 1.82) is 0 Å². The van der Waals surface area contributed by atoms with Gasteiger partial charge in [0, 0.05) is 6.42 Å². The smallest absolute Gasteiger partial charge is 0.308 e. The average Bonchev–Trinajstić information content (AvgIpc) is 2.47. The van der Waals surface area contributed by atoms with Crippen molar-refractivity contribution in [3.8, 4) is 0 Å². The van der Waals surface area contributed by atoms with Crippen molar-refractivity contribution in [2.75, 3.05) is 6.61 Å². The van der Waals surface area contributed by atoms with E-state index in [0.29, 0.717) is 18.9 Å². The summed E-state index contributed by atoms with van der Waals surface area (Å²) in [4.78, 5) is 23.9. The standard InChI is InChI=1S/C18H27NO3/c1-4-9-14(3)12-17(20)19-16(13-18(21)22-5-2)15-10-7-6-8-11-15/h6-8,10-11,14,16H,4-5,9,12-13H2,1-3H3,(H,19,20). The molecule has 0 heterocycles.